The molecule has 0 bridgehead atoms. The number of sulfonamides is 1. The highest BCUT2D eigenvalue weighted by Crippen LogP contribution is 2.34. The minimum Gasteiger partial charge on any atom is -0.462 e. The normalized spacial score (nSPS) is 11.1. The number of para-hydroxylation sites is 1. The van der Waals surface area contributed by atoms with Crippen molar-refractivity contribution in [1.29, 1.82) is 0 Å². The Balaban J connectivity index is 2.18. The van der Waals surface area contributed by atoms with Gasteiger partial charge in [0.2, 0.25) is 21.9 Å². The van der Waals surface area contributed by atoms with Crippen molar-refractivity contribution in [2.45, 2.75) is 6.92 Å². The highest BCUT2D eigenvalue weighted by atomic mass is 32.2. The first-order chi connectivity index (χ1) is 12.9. The van der Waals surface area contributed by atoms with Crippen LogP contribution in [-0.2, 0) is 14.8 Å². The molecular weight excluding hydrogens is 372 g/mol. The summed E-state index contributed by atoms with van der Waals surface area (Å²) in [5.41, 5.74) is -0.241. The summed E-state index contributed by atoms with van der Waals surface area (Å²) in [5, 5.41) is 2.39. The van der Waals surface area contributed by atoms with Crippen molar-refractivity contribution in [3.63, 3.8) is 0 Å². The molecular formula is C18H16N2O6S. The van der Waals surface area contributed by atoms with Crippen LogP contribution in [0.15, 0.2) is 57.9 Å². The fourth-order valence-corrected chi connectivity index (χ4v) is 2.98. The standard InChI is InChI=1S/C18H16N2O6S/c1-2-27(23,24)20-14-9-16-13(18(22)15(10-25-16)19-11-21)8-17(14)26-12-6-4-3-5-7-12/h3-11,20H,2H2,1H3,(H,19,21). The third-order valence-corrected chi connectivity index (χ3v) is 5.00. The van der Waals surface area contributed by atoms with E-state index in [2.05, 4.69) is 10.0 Å². The lowest BCUT2D eigenvalue weighted by Gasteiger charge is -2.14. The topological polar surface area (TPSA) is 115 Å². The summed E-state index contributed by atoms with van der Waals surface area (Å²) in [7, 11) is -3.59. The minimum absolute atomic E-state index is 0.0370. The molecule has 27 heavy (non-hydrogen) atoms. The highest BCUT2D eigenvalue weighted by Gasteiger charge is 2.17. The zero-order valence-corrected chi connectivity index (χ0v) is 15.1. The highest BCUT2D eigenvalue weighted by molar-refractivity contribution is 7.92. The van der Waals surface area contributed by atoms with Gasteiger partial charge in [-0.25, -0.2) is 8.42 Å². The molecule has 3 rings (SSSR count). The maximum atomic E-state index is 12.5. The second-order valence-corrected chi connectivity index (χ2v) is 7.52. The van der Waals surface area contributed by atoms with Crippen LogP contribution < -0.4 is 20.2 Å². The second-order valence-electron chi connectivity index (χ2n) is 5.51. The molecule has 0 aliphatic carbocycles. The molecule has 2 aromatic carbocycles. The fraction of sp³-hybridized carbons (Fsp3) is 0.111. The molecule has 9 heteroatoms. The molecule has 0 aliphatic rings. The molecule has 8 nitrogen and oxygen atoms in total. The molecule has 1 heterocycles. The van der Waals surface area contributed by atoms with Gasteiger partial charge < -0.3 is 14.5 Å². The third-order valence-electron chi connectivity index (χ3n) is 3.71. The van der Waals surface area contributed by atoms with Crippen LogP contribution in [0.2, 0.25) is 0 Å². The van der Waals surface area contributed by atoms with Crippen molar-refractivity contribution in [2.24, 2.45) is 0 Å². The van der Waals surface area contributed by atoms with Crippen LogP contribution >= 0.6 is 0 Å². The van der Waals surface area contributed by atoms with Gasteiger partial charge in [0.15, 0.2) is 5.75 Å². The van der Waals surface area contributed by atoms with Crippen molar-refractivity contribution >= 4 is 38.8 Å². The molecule has 1 aromatic heterocycles. The number of anilines is 2. The molecule has 140 valence electrons. The van der Waals surface area contributed by atoms with Crippen molar-refractivity contribution in [3.05, 3.63) is 59.0 Å². The molecule has 0 atom stereocenters. The average molecular weight is 388 g/mol. The van der Waals surface area contributed by atoms with Crippen LogP contribution in [0.4, 0.5) is 11.4 Å². The number of fused-ring (bicyclic) bond motifs is 1. The predicted molar refractivity (Wildman–Crippen MR) is 102 cm³/mol. The molecule has 0 aliphatic heterocycles. The van der Waals surface area contributed by atoms with Gasteiger partial charge in [-0.2, -0.15) is 0 Å². The Hall–Kier alpha value is -3.33. The zero-order chi connectivity index (χ0) is 19.4. The van der Waals surface area contributed by atoms with E-state index in [4.69, 9.17) is 9.15 Å². The van der Waals surface area contributed by atoms with E-state index < -0.39 is 15.5 Å². The third kappa shape index (κ3) is 4.09. The molecule has 0 saturated carbocycles. The Morgan fingerprint density at radius 3 is 2.56 bits per heavy atom. The van der Waals surface area contributed by atoms with E-state index in [1.54, 1.807) is 30.3 Å². The van der Waals surface area contributed by atoms with E-state index in [-0.39, 0.29) is 33.8 Å². The van der Waals surface area contributed by atoms with E-state index in [9.17, 15) is 18.0 Å². The largest absolute Gasteiger partial charge is 0.462 e. The number of nitrogens with one attached hydrogen (secondary N) is 2. The maximum Gasteiger partial charge on any atom is 0.232 e. The van der Waals surface area contributed by atoms with Crippen LogP contribution in [-0.4, -0.2) is 20.6 Å². The van der Waals surface area contributed by atoms with Crippen molar-refractivity contribution in [1.82, 2.24) is 0 Å². The van der Waals surface area contributed by atoms with Gasteiger partial charge in [-0.3, -0.25) is 14.3 Å². The molecule has 0 saturated heterocycles. The van der Waals surface area contributed by atoms with E-state index in [0.717, 1.165) is 6.26 Å². The number of rotatable bonds is 7. The van der Waals surface area contributed by atoms with Gasteiger partial charge in [0.1, 0.15) is 23.3 Å². The summed E-state index contributed by atoms with van der Waals surface area (Å²) < 4.78 is 37.6. The molecule has 3 aromatic rings. The SMILES string of the molecule is CCS(=O)(=O)Nc1cc2occ(NC=O)c(=O)c2cc1Oc1ccccc1. The van der Waals surface area contributed by atoms with Crippen molar-refractivity contribution in [2.75, 3.05) is 15.8 Å². The molecule has 0 radical (unpaired) electrons. The van der Waals surface area contributed by atoms with Gasteiger partial charge in [-0.15, -0.1) is 0 Å². The first-order valence-corrected chi connectivity index (χ1v) is 9.62. The minimum atomic E-state index is -3.59. The number of carbonyl (C=O) groups excluding carboxylic acids is 1. The number of carbonyl (C=O) groups is 1. The van der Waals surface area contributed by atoms with Crippen LogP contribution in [0, 0.1) is 0 Å². The fourth-order valence-electron chi connectivity index (χ4n) is 2.34. The number of hydrogen-bond donors (Lipinski definition) is 2. The monoisotopic (exact) mass is 388 g/mol. The molecule has 1 amide bonds. The van der Waals surface area contributed by atoms with Crippen LogP contribution in [0.1, 0.15) is 6.92 Å². The molecule has 0 spiro atoms. The van der Waals surface area contributed by atoms with Gasteiger partial charge in [0.05, 0.1) is 16.8 Å². The Bertz CT molecular complexity index is 1140. The quantitative estimate of drug-likeness (QED) is 0.602. The molecule has 2 N–H and O–H groups in total. The number of benzene rings is 2. The van der Waals surface area contributed by atoms with E-state index in [1.165, 1.54) is 19.1 Å². The Labute approximate surface area is 154 Å². The first kappa shape index (κ1) is 18.5. The summed E-state index contributed by atoms with van der Waals surface area (Å²) in [4.78, 5) is 23.1. The van der Waals surface area contributed by atoms with Crippen LogP contribution in [0.25, 0.3) is 11.0 Å². The van der Waals surface area contributed by atoms with Crippen LogP contribution in [0.5, 0.6) is 11.5 Å². The van der Waals surface area contributed by atoms with Crippen molar-refractivity contribution in [3.8, 4) is 11.5 Å². The number of amides is 1. The first-order valence-electron chi connectivity index (χ1n) is 7.96. The Morgan fingerprint density at radius 1 is 1.15 bits per heavy atom. The van der Waals surface area contributed by atoms with E-state index in [1.807, 2.05) is 0 Å². The summed E-state index contributed by atoms with van der Waals surface area (Å²) in [6.07, 6.45) is 1.46. The zero-order valence-electron chi connectivity index (χ0n) is 14.3. The molecule has 0 unspecified atom stereocenters. The number of hydrogen-bond acceptors (Lipinski definition) is 6. The Morgan fingerprint density at radius 2 is 1.89 bits per heavy atom. The van der Waals surface area contributed by atoms with Crippen molar-refractivity contribution < 1.29 is 22.4 Å². The lowest BCUT2D eigenvalue weighted by molar-refractivity contribution is -0.105. The average Bonchev–Trinajstić information content (AvgIpc) is 2.66. The smallest absolute Gasteiger partial charge is 0.232 e. The van der Waals surface area contributed by atoms with E-state index >= 15 is 0 Å². The van der Waals surface area contributed by atoms with Gasteiger partial charge in [-0.1, -0.05) is 18.2 Å². The summed E-state index contributed by atoms with van der Waals surface area (Å²) in [6.45, 7) is 1.50. The summed E-state index contributed by atoms with van der Waals surface area (Å²) in [5.74, 6) is 0.448. The lowest BCUT2D eigenvalue weighted by atomic mass is 10.2. The van der Waals surface area contributed by atoms with Gasteiger partial charge in [0, 0.05) is 6.07 Å². The Kier molecular flexibility index (Phi) is 5.13. The summed E-state index contributed by atoms with van der Waals surface area (Å²) >= 11 is 0. The van der Waals surface area contributed by atoms with Gasteiger partial charge >= 0.3 is 0 Å². The van der Waals surface area contributed by atoms with Gasteiger partial charge in [-0.05, 0) is 25.1 Å². The van der Waals surface area contributed by atoms with E-state index in [0.29, 0.717) is 12.2 Å². The molecule has 0 fully saturated rings. The van der Waals surface area contributed by atoms with Crippen LogP contribution in [0.3, 0.4) is 0 Å². The number of ether oxygens (including phenoxy) is 1. The van der Waals surface area contributed by atoms with Gasteiger partial charge in [0.25, 0.3) is 0 Å². The lowest BCUT2D eigenvalue weighted by Crippen LogP contribution is -2.16. The predicted octanol–water partition coefficient (Wildman–Crippen LogP) is 2.92. The second kappa shape index (κ2) is 7.50. The maximum absolute atomic E-state index is 12.5. The summed E-state index contributed by atoms with van der Waals surface area (Å²) in [6, 6.07) is 11.4.